The van der Waals surface area contributed by atoms with Crippen molar-refractivity contribution in [3.05, 3.63) is 54.5 Å². The zero-order valence-electron chi connectivity index (χ0n) is 7.55. The normalized spacial score (nSPS) is 10.6. The van der Waals surface area contributed by atoms with Gasteiger partial charge in [-0.3, -0.25) is 5.43 Å². The maximum Gasteiger partial charge on any atom is 0.146 e. The Morgan fingerprint density at radius 3 is 2.64 bits per heavy atom. The van der Waals surface area contributed by atoms with Crippen molar-refractivity contribution in [1.29, 1.82) is 0 Å². The van der Waals surface area contributed by atoms with E-state index in [1.54, 1.807) is 12.5 Å². The van der Waals surface area contributed by atoms with E-state index in [1.807, 2.05) is 42.5 Å². The van der Waals surface area contributed by atoms with Crippen molar-refractivity contribution in [2.45, 2.75) is 0 Å². The van der Waals surface area contributed by atoms with Crippen LogP contribution in [-0.2, 0) is 0 Å². The van der Waals surface area contributed by atoms with Gasteiger partial charge in [0.05, 0.1) is 18.2 Å². The van der Waals surface area contributed by atoms with Gasteiger partial charge in [0.1, 0.15) is 5.76 Å². The number of furan rings is 1. The lowest BCUT2D eigenvalue weighted by molar-refractivity contribution is 0.560. The molecule has 0 atom stereocenters. The summed E-state index contributed by atoms with van der Waals surface area (Å²) in [4.78, 5) is 0. The maximum atomic E-state index is 5.08. The first-order chi connectivity index (χ1) is 6.95. The summed E-state index contributed by atoms with van der Waals surface area (Å²) >= 11 is 0. The molecule has 14 heavy (non-hydrogen) atoms. The Kier molecular flexibility index (Phi) is 2.62. The van der Waals surface area contributed by atoms with Gasteiger partial charge in [-0.2, -0.15) is 5.10 Å². The van der Waals surface area contributed by atoms with Gasteiger partial charge in [0.15, 0.2) is 0 Å². The van der Waals surface area contributed by atoms with Gasteiger partial charge in [-0.1, -0.05) is 18.2 Å². The lowest BCUT2D eigenvalue weighted by Crippen LogP contribution is -1.88. The average molecular weight is 186 g/mol. The minimum atomic E-state index is 0.730. The molecule has 3 nitrogen and oxygen atoms in total. The second-order valence-corrected chi connectivity index (χ2v) is 2.75. The van der Waals surface area contributed by atoms with Gasteiger partial charge in [0.25, 0.3) is 0 Å². The van der Waals surface area contributed by atoms with Crippen LogP contribution in [0.25, 0.3) is 0 Å². The van der Waals surface area contributed by atoms with Crippen molar-refractivity contribution in [2.24, 2.45) is 5.10 Å². The highest BCUT2D eigenvalue weighted by atomic mass is 16.3. The number of nitrogens with one attached hydrogen (secondary N) is 1. The minimum absolute atomic E-state index is 0.730. The number of hydrogen-bond acceptors (Lipinski definition) is 3. The van der Waals surface area contributed by atoms with Crippen LogP contribution in [0, 0.1) is 0 Å². The van der Waals surface area contributed by atoms with E-state index < -0.39 is 0 Å². The fourth-order valence-corrected chi connectivity index (χ4v) is 1.05. The molecular formula is C11H10N2O. The molecule has 0 fully saturated rings. The Bertz CT molecular complexity index is 392. The van der Waals surface area contributed by atoms with Crippen molar-refractivity contribution in [3.8, 4) is 0 Å². The van der Waals surface area contributed by atoms with Crippen LogP contribution in [0.3, 0.4) is 0 Å². The fraction of sp³-hybridized carbons (Fsp3) is 0. The van der Waals surface area contributed by atoms with E-state index in [-0.39, 0.29) is 0 Å². The topological polar surface area (TPSA) is 37.5 Å². The molecule has 70 valence electrons. The molecule has 2 aromatic rings. The second kappa shape index (κ2) is 4.28. The fourth-order valence-electron chi connectivity index (χ4n) is 1.05. The maximum absolute atomic E-state index is 5.08. The first kappa shape index (κ1) is 8.56. The number of benzene rings is 1. The van der Waals surface area contributed by atoms with E-state index in [0.717, 1.165) is 11.4 Å². The number of para-hydroxylation sites is 1. The SMILES string of the molecule is C(=NNc1ccccc1)c1ccco1. The highest BCUT2D eigenvalue weighted by molar-refractivity contribution is 5.76. The number of anilines is 1. The summed E-state index contributed by atoms with van der Waals surface area (Å²) < 4.78 is 5.08. The smallest absolute Gasteiger partial charge is 0.146 e. The molecule has 0 amide bonds. The Morgan fingerprint density at radius 1 is 1.07 bits per heavy atom. The van der Waals surface area contributed by atoms with Gasteiger partial charge >= 0.3 is 0 Å². The third kappa shape index (κ3) is 2.23. The van der Waals surface area contributed by atoms with E-state index in [2.05, 4.69) is 10.5 Å². The first-order valence-electron chi connectivity index (χ1n) is 4.33. The van der Waals surface area contributed by atoms with Gasteiger partial charge in [0, 0.05) is 0 Å². The van der Waals surface area contributed by atoms with Gasteiger partial charge in [-0.15, -0.1) is 0 Å². The van der Waals surface area contributed by atoms with Crippen LogP contribution >= 0.6 is 0 Å². The predicted molar refractivity (Wildman–Crippen MR) is 56.4 cm³/mol. The lowest BCUT2D eigenvalue weighted by Gasteiger charge is -1.96. The van der Waals surface area contributed by atoms with E-state index in [4.69, 9.17) is 4.42 Å². The van der Waals surface area contributed by atoms with Crippen molar-refractivity contribution >= 4 is 11.9 Å². The summed E-state index contributed by atoms with van der Waals surface area (Å²) in [5.41, 5.74) is 3.85. The lowest BCUT2D eigenvalue weighted by atomic mass is 10.3. The minimum Gasteiger partial charge on any atom is -0.463 e. The van der Waals surface area contributed by atoms with E-state index in [9.17, 15) is 0 Å². The second-order valence-electron chi connectivity index (χ2n) is 2.75. The highest BCUT2D eigenvalue weighted by Crippen LogP contribution is 2.04. The van der Waals surface area contributed by atoms with E-state index in [0.29, 0.717) is 0 Å². The molecule has 0 spiro atoms. The third-order valence-corrected chi connectivity index (χ3v) is 1.70. The molecule has 2 rings (SSSR count). The Morgan fingerprint density at radius 2 is 1.93 bits per heavy atom. The Hall–Kier alpha value is -2.03. The molecule has 0 aliphatic carbocycles. The summed E-state index contributed by atoms with van der Waals surface area (Å²) in [6, 6.07) is 13.4. The van der Waals surface area contributed by atoms with Crippen LogP contribution in [0.5, 0.6) is 0 Å². The van der Waals surface area contributed by atoms with E-state index >= 15 is 0 Å². The van der Waals surface area contributed by atoms with Crippen molar-refractivity contribution in [1.82, 2.24) is 0 Å². The highest BCUT2D eigenvalue weighted by Gasteiger charge is 1.88. The standard InChI is InChI=1S/C11H10N2O/c1-2-5-10(6-3-1)13-12-9-11-7-4-8-14-11/h1-9,13H. The summed E-state index contributed by atoms with van der Waals surface area (Å²) in [5, 5.41) is 4.02. The van der Waals surface area contributed by atoms with Gasteiger partial charge < -0.3 is 4.42 Å². The molecule has 0 bridgehead atoms. The molecule has 0 unspecified atom stereocenters. The van der Waals surface area contributed by atoms with Crippen LogP contribution in [0.4, 0.5) is 5.69 Å². The molecule has 1 heterocycles. The molecule has 1 aromatic heterocycles. The molecule has 1 aromatic carbocycles. The molecule has 0 saturated carbocycles. The molecule has 0 aliphatic rings. The zero-order valence-corrected chi connectivity index (χ0v) is 7.55. The van der Waals surface area contributed by atoms with Crippen LogP contribution in [0.15, 0.2) is 58.2 Å². The average Bonchev–Trinajstić information content (AvgIpc) is 2.72. The predicted octanol–water partition coefficient (Wildman–Crippen LogP) is 2.73. The number of hydrogen-bond donors (Lipinski definition) is 1. The largest absolute Gasteiger partial charge is 0.463 e. The molecule has 0 aliphatic heterocycles. The van der Waals surface area contributed by atoms with Gasteiger partial charge in [-0.05, 0) is 24.3 Å². The van der Waals surface area contributed by atoms with Crippen molar-refractivity contribution < 1.29 is 4.42 Å². The Labute approximate surface area is 82.1 Å². The van der Waals surface area contributed by atoms with Crippen LogP contribution in [-0.4, -0.2) is 6.21 Å². The summed E-state index contributed by atoms with van der Waals surface area (Å²) in [5.74, 6) is 0.730. The van der Waals surface area contributed by atoms with Crippen LogP contribution in [0.1, 0.15) is 5.76 Å². The number of rotatable bonds is 3. The van der Waals surface area contributed by atoms with Crippen LogP contribution in [0.2, 0.25) is 0 Å². The monoisotopic (exact) mass is 186 g/mol. The quantitative estimate of drug-likeness (QED) is 0.591. The molecule has 0 radical (unpaired) electrons. The van der Waals surface area contributed by atoms with E-state index in [1.165, 1.54) is 0 Å². The molecular weight excluding hydrogens is 176 g/mol. The number of hydrazone groups is 1. The number of nitrogens with zero attached hydrogens (tertiary/aromatic N) is 1. The first-order valence-corrected chi connectivity index (χ1v) is 4.33. The van der Waals surface area contributed by atoms with Crippen molar-refractivity contribution in [2.75, 3.05) is 5.43 Å². The Balaban J connectivity index is 1.95. The molecule has 1 N–H and O–H groups in total. The summed E-state index contributed by atoms with van der Waals surface area (Å²) in [6.07, 6.45) is 3.25. The summed E-state index contributed by atoms with van der Waals surface area (Å²) in [7, 11) is 0. The van der Waals surface area contributed by atoms with Gasteiger partial charge in [-0.25, -0.2) is 0 Å². The molecule has 3 heteroatoms. The molecule has 0 saturated heterocycles. The summed E-state index contributed by atoms with van der Waals surface area (Å²) in [6.45, 7) is 0. The van der Waals surface area contributed by atoms with Crippen LogP contribution < -0.4 is 5.43 Å². The zero-order chi connectivity index (χ0) is 9.64. The van der Waals surface area contributed by atoms with Gasteiger partial charge in [0.2, 0.25) is 0 Å². The van der Waals surface area contributed by atoms with Crippen molar-refractivity contribution in [3.63, 3.8) is 0 Å². The third-order valence-electron chi connectivity index (χ3n) is 1.70.